The largest absolute Gasteiger partial charge is 0.482 e. The molecule has 108 valence electrons. The van der Waals surface area contributed by atoms with Crippen LogP contribution in [0.4, 0.5) is 5.69 Å². The molecule has 1 unspecified atom stereocenters. The number of carbonyl (C=O) groups is 2. The third-order valence-corrected chi connectivity index (χ3v) is 3.12. The molecule has 0 spiro atoms. The van der Waals surface area contributed by atoms with E-state index in [0.717, 1.165) is 19.5 Å². The van der Waals surface area contributed by atoms with Crippen LogP contribution in [0.2, 0.25) is 0 Å². The maximum atomic E-state index is 11.9. The van der Waals surface area contributed by atoms with Gasteiger partial charge in [0.2, 0.25) is 5.91 Å². The zero-order valence-electron chi connectivity index (χ0n) is 11.1. The van der Waals surface area contributed by atoms with Crippen molar-refractivity contribution in [1.82, 2.24) is 5.32 Å². The number of rotatable bonds is 6. The first-order valence-corrected chi connectivity index (χ1v) is 6.58. The fraction of sp³-hybridized carbons (Fsp3) is 0.429. The molecule has 0 radical (unpaired) electrons. The standard InChI is InChI=1S/C14H18N2O4/c17-13(6-10-4-5-15-8-10)16-11-2-1-3-12(7-11)20-9-14(18)19/h1-3,7,10,15H,4-6,8-9H2,(H,16,17)(H,18,19). The molecule has 0 bridgehead atoms. The van der Waals surface area contributed by atoms with E-state index in [9.17, 15) is 9.59 Å². The predicted molar refractivity (Wildman–Crippen MR) is 73.8 cm³/mol. The number of hydrogen-bond acceptors (Lipinski definition) is 4. The van der Waals surface area contributed by atoms with Crippen LogP contribution in [-0.2, 0) is 9.59 Å². The van der Waals surface area contributed by atoms with Crippen LogP contribution < -0.4 is 15.4 Å². The summed E-state index contributed by atoms with van der Waals surface area (Å²) in [5.74, 6) is -0.253. The molecule has 1 aliphatic rings. The molecule has 6 heteroatoms. The molecule has 0 aliphatic carbocycles. The van der Waals surface area contributed by atoms with Gasteiger partial charge in [0.15, 0.2) is 6.61 Å². The lowest BCUT2D eigenvalue weighted by Gasteiger charge is -2.10. The number of carbonyl (C=O) groups excluding carboxylic acids is 1. The summed E-state index contributed by atoms with van der Waals surface area (Å²) in [7, 11) is 0. The zero-order valence-corrected chi connectivity index (χ0v) is 11.1. The molecule has 2 rings (SSSR count). The van der Waals surface area contributed by atoms with Gasteiger partial charge in [0, 0.05) is 18.2 Å². The first-order chi connectivity index (χ1) is 9.63. The summed E-state index contributed by atoms with van der Waals surface area (Å²) < 4.78 is 5.06. The summed E-state index contributed by atoms with van der Waals surface area (Å²) in [4.78, 5) is 22.3. The van der Waals surface area contributed by atoms with E-state index < -0.39 is 12.6 Å². The summed E-state index contributed by atoms with van der Waals surface area (Å²) in [6.07, 6.45) is 1.52. The van der Waals surface area contributed by atoms with Crippen LogP contribution in [0, 0.1) is 5.92 Å². The van der Waals surface area contributed by atoms with Crippen LogP contribution in [0.3, 0.4) is 0 Å². The van der Waals surface area contributed by atoms with Gasteiger partial charge in [0.1, 0.15) is 5.75 Å². The van der Waals surface area contributed by atoms with Crippen molar-refractivity contribution in [3.05, 3.63) is 24.3 Å². The van der Waals surface area contributed by atoms with Crippen molar-refractivity contribution in [2.24, 2.45) is 5.92 Å². The maximum absolute atomic E-state index is 11.9. The number of anilines is 1. The average Bonchev–Trinajstić information content (AvgIpc) is 2.89. The van der Waals surface area contributed by atoms with E-state index in [4.69, 9.17) is 9.84 Å². The number of hydrogen-bond donors (Lipinski definition) is 3. The van der Waals surface area contributed by atoms with E-state index in [0.29, 0.717) is 23.8 Å². The quantitative estimate of drug-likeness (QED) is 0.725. The monoisotopic (exact) mass is 278 g/mol. The lowest BCUT2D eigenvalue weighted by Crippen LogP contribution is -2.18. The van der Waals surface area contributed by atoms with Gasteiger partial charge in [-0.2, -0.15) is 0 Å². The molecule has 1 atom stereocenters. The smallest absolute Gasteiger partial charge is 0.341 e. The first kappa shape index (κ1) is 14.3. The molecule has 1 amide bonds. The summed E-state index contributed by atoms with van der Waals surface area (Å²) in [6.45, 7) is 1.46. The Morgan fingerprint density at radius 1 is 1.45 bits per heavy atom. The van der Waals surface area contributed by atoms with E-state index >= 15 is 0 Å². The second-order valence-electron chi connectivity index (χ2n) is 4.82. The fourth-order valence-electron chi connectivity index (χ4n) is 2.17. The number of carboxylic acids is 1. The lowest BCUT2D eigenvalue weighted by molar-refractivity contribution is -0.139. The Morgan fingerprint density at radius 2 is 2.30 bits per heavy atom. The van der Waals surface area contributed by atoms with Gasteiger partial charge in [-0.05, 0) is 37.6 Å². The van der Waals surface area contributed by atoms with E-state index in [-0.39, 0.29) is 5.91 Å². The number of benzene rings is 1. The van der Waals surface area contributed by atoms with Crippen molar-refractivity contribution >= 4 is 17.6 Å². The normalized spacial score (nSPS) is 17.7. The molecule has 1 aromatic rings. The van der Waals surface area contributed by atoms with Gasteiger partial charge in [0.25, 0.3) is 0 Å². The van der Waals surface area contributed by atoms with Crippen LogP contribution in [0.5, 0.6) is 5.75 Å². The molecule has 0 aromatic heterocycles. The van der Waals surface area contributed by atoms with Crippen molar-refractivity contribution < 1.29 is 19.4 Å². The topological polar surface area (TPSA) is 87.7 Å². The van der Waals surface area contributed by atoms with E-state index in [2.05, 4.69) is 10.6 Å². The SMILES string of the molecule is O=C(O)COc1cccc(NC(=O)CC2CCNC2)c1. The predicted octanol–water partition coefficient (Wildman–Crippen LogP) is 1.09. The molecule has 1 saturated heterocycles. The highest BCUT2D eigenvalue weighted by Gasteiger charge is 2.18. The highest BCUT2D eigenvalue weighted by atomic mass is 16.5. The Balaban J connectivity index is 1.86. The number of aliphatic carboxylic acids is 1. The minimum Gasteiger partial charge on any atom is -0.482 e. The van der Waals surface area contributed by atoms with Gasteiger partial charge in [-0.25, -0.2) is 4.79 Å². The van der Waals surface area contributed by atoms with Crippen molar-refractivity contribution in [1.29, 1.82) is 0 Å². The second-order valence-corrected chi connectivity index (χ2v) is 4.82. The van der Waals surface area contributed by atoms with Crippen LogP contribution in [0.25, 0.3) is 0 Å². The van der Waals surface area contributed by atoms with Gasteiger partial charge in [0.05, 0.1) is 0 Å². The van der Waals surface area contributed by atoms with Crippen LogP contribution in [0.1, 0.15) is 12.8 Å². The number of amides is 1. The maximum Gasteiger partial charge on any atom is 0.341 e. The lowest BCUT2D eigenvalue weighted by atomic mass is 10.0. The molecular formula is C14H18N2O4. The van der Waals surface area contributed by atoms with Gasteiger partial charge >= 0.3 is 5.97 Å². The summed E-state index contributed by atoms with van der Waals surface area (Å²) >= 11 is 0. The minimum atomic E-state index is -1.03. The highest BCUT2D eigenvalue weighted by molar-refractivity contribution is 5.91. The third kappa shape index (κ3) is 4.55. The zero-order chi connectivity index (χ0) is 14.4. The van der Waals surface area contributed by atoms with Gasteiger partial charge in [-0.1, -0.05) is 6.07 Å². The number of nitrogens with one attached hydrogen (secondary N) is 2. The van der Waals surface area contributed by atoms with Gasteiger partial charge in [-0.3, -0.25) is 4.79 Å². The molecule has 3 N–H and O–H groups in total. The van der Waals surface area contributed by atoms with Crippen molar-refractivity contribution in [3.8, 4) is 5.75 Å². The van der Waals surface area contributed by atoms with Crippen molar-refractivity contribution in [2.75, 3.05) is 25.0 Å². The van der Waals surface area contributed by atoms with E-state index in [1.54, 1.807) is 24.3 Å². The van der Waals surface area contributed by atoms with E-state index in [1.807, 2.05) is 0 Å². The van der Waals surface area contributed by atoms with Crippen LogP contribution in [0.15, 0.2) is 24.3 Å². The first-order valence-electron chi connectivity index (χ1n) is 6.58. The van der Waals surface area contributed by atoms with Crippen LogP contribution >= 0.6 is 0 Å². The molecule has 1 aromatic carbocycles. The summed E-state index contributed by atoms with van der Waals surface area (Å²) in [6, 6.07) is 6.73. The van der Waals surface area contributed by atoms with Crippen molar-refractivity contribution in [2.45, 2.75) is 12.8 Å². The fourth-order valence-corrected chi connectivity index (χ4v) is 2.17. The van der Waals surface area contributed by atoms with Gasteiger partial charge in [-0.15, -0.1) is 0 Å². The molecule has 0 saturated carbocycles. The Bertz CT molecular complexity index is 484. The molecule has 6 nitrogen and oxygen atoms in total. The third-order valence-electron chi connectivity index (χ3n) is 3.12. The summed E-state index contributed by atoms with van der Waals surface area (Å²) in [5.41, 5.74) is 0.615. The summed E-state index contributed by atoms with van der Waals surface area (Å²) in [5, 5.41) is 14.6. The minimum absolute atomic E-state index is 0.0333. The van der Waals surface area contributed by atoms with Crippen LogP contribution in [-0.4, -0.2) is 36.7 Å². The Labute approximate surface area is 117 Å². The molecular weight excluding hydrogens is 260 g/mol. The Morgan fingerprint density at radius 3 is 3.00 bits per heavy atom. The number of carboxylic acid groups (broad SMARTS) is 1. The highest BCUT2D eigenvalue weighted by Crippen LogP contribution is 2.19. The second kappa shape index (κ2) is 6.91. The Hall–Kier alpha value is -2.08. The molecule has 20 heavy (non-hydrogen) atoms. The van der Waals surface area contributed by atoms with Gasteiger partial charge < -0.3 is 20.5 Å². The Kier molecular flexibility index (Phi) is 4.95. The number of ether oxygens (including phenoxy) is 1. The van der Waals surface area contributed by atoms with Crippen molar-refractivity contribution in [3.63, 3.8) is 0 Å². The average molecular weight is 278 g/mol. The molecule has 1 fully saturated rings. The van der Waals surface area contributed by atoms with E-state index in [1.165, 1.54) is 0 Å². The molecule has 1 aliphatic heterocycles. The molecule has 1 heterocycles.